The standard InChI is InChI=1S/C18H31N3O/c1-13(2)21(6)12-15-9-7-8-14(10-15)11-20-17(22)16(19)18(3,4)5/h7-10,13,16H,11-12,19H2,1-6H3,(H,20,22)/t16-/m1/s1. The minimum absolute atomic E-state index is 0.0998. The van der Waals surface area contributed by atoms with Crippen molar-refractivity contribution < 1.29 is 4.79 Å². The average Bonchev–Trinajstić information content (AvgIpc) is 2.43. The molecule has 0 aliphatic rings. The molecule has 0 fully saturated rings. The molecule has 0 aliphatic heterocycles. The van der Waals surface area contributed by atoms with Crippen LogP contribution in [0.2, 0.25) is 0 Å². The van der Waals surface area contributed by atoms with Crippen LogP contribution in [0.5, 0.6) is 0 Å². The number of rotatable bonds is 6. The van der Waals surface area contributed by atoms with Gasteiger partial charge in [0.1, 0.15) is 0 Å². The first-order chi connectivity index (χ1) is 10.1. The van der Waals surface area contributed by atoms with Gasteiger partial charge in [-0.3, -0.25) is 9.69 Å². The zero-order valence-electron chi connectivity index (χ0n) is 14.8. The number of nitrogens with one attached hydrogen (secondary N) is 1. The van der Waals surface area contributed by atoms with Crippen LogP contribution in [0.3, 0.4) is 0 Å². The zero-order valence-corrected chi connectivity index (χ0v) is 14.8. The topological polar surface area (TPSA) is 58.4 Å². The first-order valence-corrected chi connectivity index (χ1v) is 7.92. The Hall–Kier alpha value is -1.39. The normalized spacial score (nSPS) is 13.5. The maximum absolute atomic E-state index is 12.1. The molecular weight excluding hydrogens is 274 g/mol. The molecule has 4 nitrogen and oxygen atoms in total. The second kappa shape index (κ2) is 7.75. The van der Waals surface area contributed by atoms with Crippen molar-refractivity contribution in [3.05, 3.63) is 35.4 Å². The second-order valence-electron chi connectivity index (χ2n) is 7.39. The highest BCUT2D eigenvalue weighted by Crippen LogP contribution is 2.17. The lowest BCUT2D eigenvalue weighted by Crippen LogP contribution is -2.48. The Morgan fingerprint density at radius 1 is 1.27 bits per heavy atom. The number of nitrogens with zero attached hydrogens (tertiary/aromatic N) is 1. The predicted octanol–water partition coefficient (Wildman–Crippen LogP) is 2.52. The third kappa shape index (κ3) is 5.78. The monoisotopic (exact) mass is 305 g/mol. The molecule has 0 spiro atoms. The van der Waals surface area contributed by atoms with E-state index in [0.29, 0.717) is 12.6 Å². The number of amides is 1. The minimum Gasteiger partial charge on any atom is -0.351 e. The van der Waals surface area contributed by atoms with Crippen LogP contribution >= 0.6 is 0 Å². The highest BCUT2D eigenvalue weighted by Gasteiger charge is 2.27. The molecule has 0 unspecified atom stereocenters. The molecule has 4 heteroatoms. The molecule has 1 atom stereocenters. The van der Waals surface area contributed by atoms with Gasteiger partial charge in [-0.2, -0.15) is 0 Å². The summed E-state index contributed by atoms with van der Waals surface area (Å²) in [5.74, 6) is -0.0998. The Morgan fingerprint density at radius 2 is 1.86 bits per heavy atom. The first-order valence-electron chi connectivity index (χ1n) is 7.92. The summed E-state index contributed by atoms with van der Waals surface area (Å²) in [5.41, 5.74) is 8.09. The van der Waals surface area contributed by atoms with Gasteiger partial charge in [0, 0.05) is 19.1 Å². The molecule has 3 N–H and O–H groups in total. The van der Waals surface area contributed by atoms with Crippen molar-refractivity contribution in [1.82, 2.24) is 10.2 Å². The fourth-order valence-electron chi connectivity index (χ4n) is 2.00. The summed E-state index contributed by atoms with van der Waals surface area (Å²) in [6.07, 6.45) is 0. The van der Waals surface area contributed by atoms with Crippen LogP contribution in [0.4, 0.5) is 0 Å². The summed E-state index contributed by atoms with van der Waals surface area (Å²) in [4.78, 5) is 14.4. The van der Waals surface area contributed by atoms with Crippen LogP contribution in [0.1, 0.15) is 45.7 Å². The fraction of sp³-hybridized carbons (Fsp3) is 0.611. The van der Waals surface area contributed by atoms with Crippen molar-refractivity contribution in [2.24, 2.45) is 11.1 Å². The van der Waals surface area contributed by atoms with E-state index in [1.165, 1.54) is 5.56 Å². The molecule has 1 aromatic carbocycles. The average molecular weight is 305 g/mol. The van der Waals surface area contributed by atoms with E-state index in [-0.39, 0.29) is 11.3 Å². The Balaban J connectivity index is 2.62. The Morgan fingerprint density at radius 3 is 2.41 bits per heavy atom. The van der Waals surface area contributed by atoms with Gasteiger partial charge in [-0.05, 0) is 37.4 Å². The van der Waals surface area contributed by atoms with E-state index in [2.05, 4.69) is 43.2 Å². The summed E-state index contributed by atoms with van der Waals surface area (Å²) in [7, 11) is 2.11. The summed E-state index contributed by atoms with van der Waals surface area (Å²) < 4.78 is 0. The van der Waals surface area contributed by atoms with Gasteiger partial charge in [-0.1, -0.05) is 45.0 Å². The largest absolute Gasteiger partial charge is 0.351 e. The summed E-state index contributed by atoms with van der Waals surface area (Å²) in [6.45, 7) is 11.7. The molecule has 0 saturated carbocycles. The molecule has 124 valence electrons. The van der Waals surface area contributed by atoms with Crippen LogP contribution in [-0.2, 0) is 17.9 Å². The second-order valence-corrected chi connectivity index (χ2v) is 7.39. The van der Waals surface area contributed by atoms with Crippen LogP contribution < -0.4 is 11.1 Å². The number of carbonyl (C=O) groups excluding carboxylic acids is 1. The first kappa shape index (κ1) is 18.7. The number of carbonyl (C=O) groups is 1. The number of nitrogens with two attached hydrogens (primary N) is 1. The maximum Gasteiger partial charge on any atom is 0.237 e. The third-order valence-corrected chi connectivity index (χ3v) is 3.99. The van der Waals surface area contributed by atoms with Gasteiger partial charge >= 0.3 is 0 Å². The van der Waals surface area contributed by atoms with E-state index in [1.807, 2.05) is 32.9 Å². The van der Waals surface area contributed by atoms with Gasteiger partial charge < -0.3 is 11.1 Å². The molecule has 0 aliphatic carbocycles. The Bertz CT molecular complexity index is 491. The number of hydrogen-bond donors (Lipinski definition) is 2. The Labute approximate surface area is 135 Å². The van der Waals surface area contributed by atoms with E-state index in [9.17, 15) is 4.79 Å². The Kier molecular flexibility index (Phi) is 6.57. The molecule has 0 bridgehead atoms. The molecule has 1 rings (SSSR count). The molecule has 0 aromatic heterocycles. The fourth-order valence-corrected chi connectivity index (χ4v) is 2.00. The van der Waals surface area contributed by atoms with Gasteiger partial charge in [0.2, 0.25) is 5.91 Å². The van der Waals surface area contributed by atoms with Gasteiger partial charge in [-0.25, -0.2) is 0 Å². The van der Waals surface area contributed by atoms with Crippen molar-refractivity contribution >= 4 is 5.91 Å². The quantitative estimate of drug-likeness (QED) is 0.849. The van der Waals surface area contributed by atoms with E-state index < -0.39 is 6.04 Å². The zero-order chi connectivity index (χ0) is 16.9. The number of hydrogen-bond acceptors (Lipinski definition) is 3. The summed E-state index contributed by atoms with van der Waals surface area (Å²) >= 11 is 0. The lowest BCUT2D eigenvalue weighted by molar-refractivity contribution is -0.124. The van der Waals surface area contributed by atoms with E-state index in [1.54, 1.807) is 0 Å². The van der Waals surface area contributed by atoms with Gasteiger partial charge in [-0.15, -0.1) is 0 Å². The summed E-state index contributed by atoms with van der Waals surface area (Å²) in [6, 6.07) is 8.33. The smallest absolute Gasteiger partial charge is 0.237 e. The van der Waals surface area contributed by atoms with Crippen LogP contribution in [0.25, 0.3) is 0 Å². The number of benzene rings is 1. The molecule has 1 aromatic rings. The predicted molar refractivity (Wildman–Crippen MR) is 92.3 cm³/mol. The maximum atomic E-state index is 12.1. The third-order valence-electron chi connectivity index (χ3n) is 3.99. The van der Waals surface area contributed by atoms with Gasteiger partial charge in [0.05, 0.1) is 6.04 Å². The van der Waals surface area contributed by atoms with Crippen LogP contribution in [-0.4, -0.2) is 29.9 Å². The minimum atomic E-state index is -0.497. The van der Waals surface area contributed by atoms with Crippen molar-refractivity contribution in [2.75, 3.05) is 7.05 Å². The van der Waals surface area contributed by atoms with Crippen molar-refractivity contribution in [3.8, 4) is 0 Å². The SMILES string of the molecule is CC(C)N(C)Cc1cccc(CNC(=O)[C@@H](N)C(C)(C)C)c1. The highest BCUT2D eigenvalue weighted by molar-refractivity contribution is 5.82. The summed E-state index contributed by atoms with van der Waals surface area (Å²) in [5, 5.41) is 2.93. The lowest BCUT2D eigenvalue weighted by Gasteiger charge is -2.26. The van der Waals surface area contributed by atoms with Crippen molar-refractivity contribution in [3.63, 3.8) is 0 Å². The lowest BCUT2D eigenvalue weighted by atomic mass is 9.87. The van der Waals surface area contributed by atoms with Crippen molar-refractivity contribution in [1.29, 1.82) is 0 Å². The van der Waals surface area contributed by atoms with Crippen molar-refractivity contribution in [2.45, 2.75) is 59.8 Å². The molecule has 0 radical (unpaired) electrons. The van der Waals surface area contributed by atoms with Gasteiger partial charge in [0.25, 0.3) is 0 Å². The molecular formula is C18H31N3O. The molecule has 0 saturated heterocycles. The molecule has 0 heterocycles. The van der Waals surface area contributed by atoms with E-state index >= 15 is 0 Å². The highest BCUT2D eigenvalue weighted by atomic mass is 16.2. The molecule has 22 heavy (non-hydrogen) atoms. The molecule has 1 amide bonds. The van der Waals surface area contributed by atoms with E-state index in [4.69, 9.17) is 5.73 Å². The van der Waals surface area contributed by atoms with E-state index in [0.717, 1.165) is 12.1 Å². The van der Waals surface area contributed by atoms with Crippen LogP contribution in [0.15, 0.2) is 24.3 Å². The van der Waals surface area contributed by atoms with Crippen LogP contribution in [0, 0.1) is 5.41 Å². The van der Waals surface area contributed by atoms with Gasteiger partial charge in [0.15, 0.2) is 0 Å².